The Balaban J connectivity index is 1.53. The molecule has 1 fully saturated rings. The van der Waals surface area contributed by atoms with Crippen LogP contribution in [0.15, 0.2) is 78.3 Å². The third kappa shape index (κ3) is 19.1. The summed E-state index contributed by atoms with van der Waals surface area (Å²) in [5.41, 5.74) is 25.3. The van der Waals surface area contributed by atoms with Gasteiger partial charge in [-0.3, -0.25) is 48.1 Å². The molecule has 5 rings (SSSR count). The number of hydrogen-bond donors (Lipinski definition) is 12. The highest BCUT2D eigenvalue weighted by Crippen LogP contribution is 2.26. The second kappa shape index (κ2) is 29.7. The smallest absolute Gasteiger partial charge is 0.243 e. The summed E-state index contributed by atoms with van der Waals surface area (Å²) in [6, 6.07) is 9.77. The van der Waals surface area contributed by atoms with Crippen LogP contribution >= 0.6 is 0 Å². The van der Waals surface area contributed by atoms with Gasteiger partial charge in [-0.05, 0) is 81.5 Å². The van der Waals surface area contributed by atoms with Crippen LogP contribution < -0.4 is 54.8 Å². The van der Waals surface area contributed by atoms with E-state index >= 15 is 0 Å². The highest BCUT2D eigenvalue weighted by molar-refractivity contribution is 5.99. The van der Waals surface area contributed by atoms with Gasteiger partial charge in [-0.25, -0.2) is 4.98 Å². The van der Waals surface area contributed by atoms with E-state index in [1.165, 1.54) is 19.4 Å². The average molecular weight is 1040 g/mol. The number of carbonyl (C=O) groups excluding carboxylic acids is 9. The Morgan fingerprint density at radius 1 is 0.773 bits per heavy atom. The van der Waals surface area contributed by atoms with E-state index in [0.29, 0.717) is 43.5 Å². The molecule has 0 unspecified atom stereocenters. The van der Waals surface area contributed by atoms with Crippen molar-refractivity contribution in [2.75, 3.05) is 19.6 Å². The maximum atomic E-state index is 14.8. The molecule has 7 amide bonds. The molecule has 0 radical (unpaired) electrons. The molecule has 3 heterocycles. The number of nitrogens with two attached hydrogens (primary N) is 4. The molecular weight excluding hydrogens is 965 g/mol. The molecular formula is C52H72N14O9. The second-order valence-electron chi connectivity index (χ2n) is 19.0. The first-order valence-electron chi connectivity index (χ1n) is 25.4. The zero-order chi connectivity index (χ0) is 54.3. The van der Waals surface area contributed by atoms with Crippen LogP contribution in [0.4, 0.5) is 0 Å². The molecule has 0 bridgehead atoms. The van der Waals surface area contributed by atoms with E-state index in [9.17, 15) is 43.2 Å². The minimum atomic E-state index is -1.61. The van der Waals surface area contributed by atoms with Gasteiger partial charge in [0.15, 0.2) is 11.7 Å². The first-order valence-corrected chi connectivity index (χ1v) is 25.4. The predicted octanol–water partition coefficient (Wildman–Crippen LogP) is -0.128. The molecule has 75 heavy (non-hydrogen) atoms. The SMILES string of the molecule is CC(=O)N[C@@H](CCCN=C(N)N)C(=O)N[C@H]1CC(=O)NCCCC[C@@H](C(N)=O)NC(=O)[C@H](Cc2c[nH]c3ccccc23)CC(=O)[C@H](CCCCN)CC(=O)[C@@H](Cc2ccccc2)NC(=O)[C@H](Cc2cnc[nH]2)NC1=O. The number of nitrogens with one attached hydrogen (secondary N) is 8. The number of aromatic amines is 2. The van der Waals surface area contributed by atoms with Gasteiger partial charge in [-0.15, -0.1) is 0 Å². The summed E-state index contributed by atoms with van der Waals surface area (Å²) in [5, 5.41) is 17.0. The fraction of sp³-hybridized carbons (Fsp3) is 0.481. The van der Waals surface area contributed by atoms with Crippen LogP contribution in [0.1, 0.15) is 94.4 Å². The summed E-state index contributed by atoms with van der Waals surface area (Å²) in [6.07, 6.45) is 5.50. The number of unbranched alkanes of at least 4 members (excludes halogenated alkanes) is 1. The van der Waals surface area contributed by atoms with Gasteiger partial charge in [0.05, 0.1) is 18.8 Å². The quantitative estimate of drug-likeness (QED) is 0.0352. The van der Waals surface area contributed by atoms with Crippen LogP contribution in [0.25, 0.3) is 10.9 Å². The van der Waals surface area contributed by atoms with E-state index in [0.717, 1.165) is 16.5 Å². The number of guanidine groups is 1. The lowest BCUT2D eigenvalue weighted by atomic mass is 9.83. The molecule has 1 saturated heterocycles. The van der Waals surface area contributed by atoms with Gasteiger partial charge < -0.3 is 64.8 Å². The highest BCUT2D eigenvalue weighted by Gasteiger charge is 2.36. The summed E-state index contributed by atoms with van der Waals surface area (Å²) in [5.74, 6) is -8.14. The highest BCUT2D eigenvalue weighted by atomic mass is 16.2. The number of fused-ring (bicyclic) bond motifs is 1. The number of primary amides is 1. The number of imidazole rings is 1. The molecule has 16 N–H and O–H groups in total. The minimum Gasteiger partial charge on any atom is -0.370 e. The van der Waals surface area contributed by atoms with Crippen molar-refractivity contribution in [2.24, 2.45) is 39.8 Å². The summed E-state index contributed by atoms with van der Waals surface area (Å²) < 4.78 is 0. The number of rotatable bonds is 18. The number of aromatic nitrogens is 3. The third-order valence-electron chi connectivity index (χ3n) is 13.0. The molecule has 0 aliphatic carbocycles. The van der Waals surface area contributed by atoms with Gasteiger partial charge in [0, 0.05) is 80.1 Å². The van der Waals surface area contributed by atoms with Crippen molar-refractivity contribution in [3.05, 3.63) is 90.1 Å². The van der Waals surface area contributed by atoms with Gasteiger partial charge in [0.25, 0.3) is 0 Å². The molecule has 4 aromatic rings. The van der Waals surface area contributed by atoms with Crippen molar-refractivity contribution < 1.29 is 43.2 Å². The molecule has 2 aromatic carbocycles. The van der Waals surface area contributed by atoms with E-state index in [-0.39, 0.29) is 82.6 Å². The topological polar surface area (TPSA) is 387 Å². The molecule has 404 valence electrons. The fourth-order valence-corrected chi connectivity index (χ4v) is 9.03. The summed E-state index contributed by atoms with van der Waals surface area (Å²) >= 11 is 0. The average Bonchev–Trinajstić information content (AvgIpc) is 4.05. The molecule has 23 heteroatoms. The number of para-hydroxylation sites is 1. The van der Waals surface area contributed by atoms with Crippen molar-refractivity contribution in [3.63, 3.8) is 0 Å². The van der Waals surface area contributed by atoms with Crippen LogP contribution in [0.5, 0.6) is 0 Å². The lowest BCUT2D eigenvalue weighted by Crippen LogP contribution is -2.59. The van der Waals surface area contributed by atoms with Crippen molar-refractivity contribution in [1.82, 2.24) is 46.9 Å². The zero-order valence-corrected chi connectivity index (χ0v) is 42.4. The number of aliphatic imine (C=N–C) groups is 1. The van der Waals surface area contributed by atoms with E-state index in [2.05, 4.69) is 51.8 Å². The standard InChI is InChI=1S/C52H72N14O9/c1-31(67)62-40(18-11-21-59-52(55)56)49(73)66-43-27-46(70)58-20-10-8-17-39(47(54)71)63-48(72)34(23-35-28-60-38-16-6-5-15-37(35)38)25-44(68)33(14-7-9-19-53)24-45(69)41(22-32-12-3-2-4-13-32)64-50(74)42(65-51(43)75)26-36-29-57-30-61-36/h2-6,12-13,15-16,28-30,33-34,39-43,60H,7-11,14,17-27,53H2,1H3,(H2,54,71)(H,57,61)(H,58,70)(H,62,67)(H,63,72)(H,64,74)(H,65,75)(H,66,73)(H4,55,56,59)/t33-,34-,39+,40+,41-,42+,43+/m1/s1. The number of Topliss-reactive ketones (excluding diaryl/α,β-unsaturated/α-hetero) is 2. The van der Waals surface area contributed by atoms with Gasteiger partial charge in [0.1, 0.15) is 30.0 Å². The first-order chi connectivity index (χ1) is 36.0. The Labute approximate surface area is 435 Å². The maximum absolute atomic E-state index is 14.8. The van der Waals surface area contributed by atoms with Crippen LogP contribution in [0.3, 0.4) is 0 Å². The molecule has 0 spiro atoms. The molecule has 23 nitrogen and oxygen atoms in total. The van der Waals surface area contributed by atoms with E-state index in [4.69, 9.17) is 22.9 Å². The van der Waals surface area contributed by atoms with E-state index in [1.54, 1.807) is 36.5 Å². The van der Waals surface area contributed by atoms with Crippen LogP contribution in [-0.2, 0) is 62.4 Å². The van der Waals surface area contributed by atoms with Crippen LogP contribution in [0, 0.1) is 11.8 Å². The van der Waals surface area contributed by atoms with Crippen molar-refractivity contribution in [3.8, 4) is 0 Å². The van der Waals surface area contributed by atoms with Gasteiger partial charge in [-0.2, -0.15) is 0 Å². The number of hydrogen-bond acceptors (Lipinski definition) is 12. The Hall–Kier alpha value is -7.95. The van der Waals surface area contributed by atoms with Gasteiger partial charge in [-0.1, -0.05) is 55.0 Å². The maximum Gasteiger partial charge on any atom is 0.243 e. The second-order valence-corrected chi connectivity index (χ2v) is 19.0. The van der Waals surface area contributed by atoms with Gasteiger partial charge >= 0.3 is 0 Å². The Morgan fingerprint density at radius 2 is 1.51 bits per heavy atom. The summed E-state index contributed by atoms with van der Waals surface area (Å²) in [7, 11) is 0. The van der Waals surface area contributed by atoms with Crippen molar-refractivity contribution >= 4 is 69.8 Å². The molecule has 0 saturated carbocycles. The zero-order valence-electron chi connectivity index (χ0n) is 42.4. The minimum absolute atomic E-state index is 0.00742. The summed E-state index contributed by atoms with van der Waals surface area (Å²) in [4.78, 5) is 140. The normalized spacial score (nSPS) is 21.4. The van der Waals surface area contributed by atoms with E-state index in [1.807, 2.05) is 24.3 Å². The molecule has 1 aliphatic rings. The van der Waals surface area contributed by atoms with Crippen LogP contribution in [-0.4, -0.2) is 124 Å². The predicted molar refractivity (Wildman–Crippen MR) is 279 cm³/mol. The number of ketones is 2. The number of H-pyrrole nitrogens is 2. The fourth-order valence-electron chi connectivity index (χ4n) is 9.03. The monoisotopic (exact) mass is 1040 g/mol. The van der Waals surface area contributed by atoms with Gasteiger partial charge in [0.2, 0.25) is 41.4 Å². The van der Waals surface area contributed by atoms with Crippen molar-refractivity contribution in [1.29, 1.82) is 0 Å². The number of nitrogens with zero attached hydrogens (tertiary/aromatic N) is 2. The van der Waals surface area contributed by atoms with Crippen LogP contribution in [0.2, 0.25) is 0 Å². The number of benzene rings is 2. The Kier molecular flexibility index (Phi) is 22.9. The number of amides is 7. The molecule has 7 atom stereocenters. The lowest BCUT2D eigenvalue weighted by Gasteiger charge is -2.27. The molecule has 1 aliphatic heterocycles. The largest absolute Gasteiger partial charge is 0.370 e. The Morgan fingerprint density at radius 3 is 2.21 bits per heavy atom. The molecule has 2 aromatic heterocycles. The third-order valence-corrected chi connectivity index (χ3v) is 13.0. The van der Waals surface area contributed by atoms with Crippen molar-refractivity contribution in [2.45, 2.75) is 127 Å². The van der Waals surface area contributed by atoms with E-state index < -0.39 is 95.6 Å². The first kappa shape index (κ1) is 57.9. The lowest BCUT2D eigenvalue weighted by molar-refractivity contribution is -0.136. The Bertz CT molecular complexity index is 2600. The number of carbonyl (C=O) groups is 9. The summed E-state index contributed by atoms with van der Waals surface area (Å²) in [6.45, 7) is 1.71.